The van der Waals surface area contributed by atoms with Crippen LogP contribution >= 0.6 is 34.2 Å². The Hall–Kier alpha value is -0.920. The first kappa shape index (κ1) is 14.0. The summed E-state index contributed by atoms with van der Waals surface area (Å²) in [5.41, 5.74) is 2.31. The first-order valence-corrected chi connectivity index (χ1v) is 7.72. The molecule has 20 heavy (non-hydrogen) atoms. The Balaban J connectivity index is 1.94. The fourth-order valence-corrected chi connectivity index (χ4v) is 2.95. The average Bonchev–Trinajstić information content (AvgIpc) is 2.48. The van der Waals surface area contributed by atoms with E-state index in [2.05, 4.69) is 17.1 Å². The molecule has 0 bridgehead atoms. The van der Waals surface area contributed by atoms with Crippen LogP contribution in [0, 0.1) is 3.57 Å². The molecule has 2 heterocycles. The van der Waals surface area contributed by atoms with Gasteiger partial charge in [0.1, 0.15) is 14.8 Å². The zero-order valence-electron chi connectivity index (χ0n) is 10.6. The van der Waals surface area contributed by atoms with Crippen LogP contribution in [0.5, 0.6) is 0 Å². The number of halogens is 2. The van der Waals surface area contributed by atoms with E-state index in [0.717, 1.165) is 12.0 Å². The standard InChI is InChI=1S/C14H12ClIN2O2/c15-13-12(16)14(19)18(8-17-13)7-11-10-4-2-1-3-9(10)5-6-20-11/h1-4,8,11H,5-7H2. The predicted octanol–water partition coefficient (Wildman–Crippen LogP) is 2.82. The molecule has 0 saturated heterocycles. The minimum Gasteiger partial charge on any atom is -0.371 e. The topological polar surface area (TPSA) is 44.1 Å². The van der Waals surface area contributed by atoms with Crippen molar-refractivity contribution in [3.63, 3.8) is 0 Å². The minimum atomic E-state index is -0.128. The number of rotatable bonds is 2. The maximum atomic E-state index is 12.2. The molecule has 1 atom stereocenters. The van der Waals surface area contributed by atoms with Crippen molar-refractivity contribution in [3.8, 4) is 0 Å². The van der Waals surface area contributed by atoms with E-state index in [4.69, 9.17) is 16.3 Å². The van der Waals surface area contributed by atoms with E-state index in [0.29, 0.717) is 16.7 Å². The highest BCUT2D eigenvalue weighted by Crippen LogP contribution is 2.27. The maximum absolute atomic E-state index is 12.2. The number of fused-ring (bicyclic) bond motifs is 1. The predicted molar refractivity (Wildman–Crippen MR) is 85.1 cm³/mol. The zero-order valence-corrected chi connectivity index (χ0v) is 13.5. The number of benzene rings is 1. The highest BCUT2D eigenvalue weighted by molar-refractivity contribution is 14.1. The van der Waals surface area contributed by atoms with Crippen molar-refractivity contribution in [1.29, 1.82) is 0 Å². The Morgan fingerprint density at radius 2 is 2.25 bits per heavy atom. The lowest BCUT2D eigenvalue weighted by atomic mass is 9.97. The van der Waals surface area contributed by atoms with E-state index < -0.39 is 0 Å². The van der Waals surface area contributed by atoms with Crippen molar-refractivity contribution >= 4 is 34.2 Å². The molecule has 0 fully saturated rings. The number of ether oxygens (including phenoxy) is 1. The smallest absolute Gasteiger partial charge is 0.268 e. The fraction of sp³-hybridized carbons (Fsp3) is 0.286. The van der Waals surface area contributed by atoms with Gasteiger partial charge in [0, 0.05) is 0 Å². The molecule has 1 aromatic carbocycles. The summed E-state index contributed by atoms with van der Waals surface area (Å²) in [4.78, 5) is 16.2. The van der Waals surface area contributed by atoms with Gasteiger partial charge < -0.3 is 4.74 Å². The molecule has 3 rings (SSSR count). The van der Waals surface area contributed by atoms with E-state index in [-0.39, 0.29) is 16.8 Å². The molecule has 2 aromatic rings. The first-order valence-electron chi connectivity index (χ1n) is 6.26. The van der Waals surface area contributed by atoms with Crippen molar-refractivity contribution in [2.75, 3.05) is 6.61 Å². The zero-order chi connectivity index (χ0) is 14.1. The van der Waals surface area contributed by atoms with Gasteiger partial charge in [0.2, 0.25) is 0 Å². The molecular formula is C14H12ClIN2O2. The summed E-state index contributed by atoms with van der Waals surface area (Å²) in [7, 11) is 0. The molecular weight excluding hydrogens is 391 g/mol. The third-order valence-electron chi connectivity index (χ3n) is 3.40. The summed E-state index contributed by atoms with van der Waals surface area (Å²) in [6.07, 6.45) is 2.28. The normalized spacial score (nSPS) is 17.8. The van der Waals surface area contributed by atoms with Crippen molar-refractivity contribution < 1.29 is 4.74 Å². The fourth-order valence-electron chi connectivity index (χ4n) is 2.38. The average molecular weight is 403 g/mol. The van der Waals surface area contributed by atoms with Gasteiger partial charge in [-0.2, -0.15) is 0 Å². The Bertz CT molecular complexity index is 702. The molecule has 6 heteroatoms. The Kier molecular flexibility index (Phi) is 4.09. The van der Waals surface area contributed by atoms with Crippen molar-refractivity contribution in [1.82, 2.24) is 9.55 Å². The summed E-state index contributed by atoms with van der Waals surface area (Å²) in [5, 5.41) is 0.247. The number of hydrogen-bond acceptors (Lipinski definition) is 3. The van der Waals surface area contributed by atoms with Crippen molar-refractivity contribution in [2.45, 2.75) is 19.1 Å². The molecule has 1 unspecified atom stereocenters. The van der Waals surface area contributed by atoms with Crippen LogP contribution in [0.2, 0.25) is 5.15 Å². The lowest BCUT2D eigenvalue weighted by Crippen LogP contribution is -2.28. The second kappa shape index (κ2) is 5.83. The third kappa shape index (κ3) is 2.62. The molecule has 0 saturated carbocycles. The number of hydrogen-bond donors (Lipinski definition) is 0. The van der Waals surface area contributed by atoms with E-state index in [1.807, 2.05) is 34.7 Å². The molecule has 0 N–H and O–H groups in total. The van der Waals surface area contributed by atoms with Crippen LogP contribution in [0.3, 0.4) is 0 Å². The molecule has 1 aliphatic heterocycles. The van der Waals surface area contributed by atoms with Crippen LogP contribution in [-0.4, -0.2) is 16.2 Å². The Morgan fingerprint density at radius 1 is 1.45 bits per heavy atom. The summed E-state index contributed by atoms with van der Waals surface area (Å²) in [6.45, 7) is 1.13. The number of nitrogens with zero attached hydrogens (tertiary/aromatic N) is 2. The van der Waals surface area contributed by atoms with Crippen LogP contribution in [-0.2, 0) is 17.7 Å². The highest BCUT2D eigenvalue weighted by Gasteiger charge is 2.21. The first-order chi connectivity index (χ1) is 9.66. The summed E-state index contributed by atoms with van der Waals surface area (Å²) < 4.78 is 7.81. The van der Waals surface area contributed by atoms with Crippen LogP contribution in [0.25, 0.3) is 0 Å². The summed E-state index contributed by atoms with van der Waals surface area (Å²) >= 11 is 7.77. The van der Waals surface area contributed by atoms with Gasteiger partial charge in [0.15, 0.2) is 0 Å². The van der Waals surface area contributed by atoms with Crippen molar-refractivity contribution in [2.24, 2.45) is 0 Å². The molecule has 1 aromatic heterocycles. The van der Waals surface area contributed by atoms with Gasteiger partial charge in [-0.3, -0.25) is 9.36 Å². The second-order valence-corrected chi connectivity index (χ2v) is 6.05. The van der Waals surface area contributed by atoms with Gasteiger partial charge in [-0.15, -0.1) is 0 Å². The monoisotopic (exact) mass is 402 g/mol. The molecule has 0 aliphatic carbocycles. The van der Waals surface area contributed by atoms with Crippen LogP contribution < -0.4 is 5.56 Å². The Morgan fingerprint density at radius 3 is 3.10 bits per heavy atom. The van der Waals surface area contributed by atoms with E-state index in [9.17, 15) is 4.79 Å². The summed E-state index contributed by atoms with van der Waals surface area (Å²) in [6, 6.07) is 8.18. The highest BCUT2D eigenvalue weighted by atomic mass is 127. The van der Waals surface area contributed by atoms with E-state index in [1.165, 1.54) is 11.9 Å². The molecule has 1 aliphatic rings. The lowest BCUT2D eigenvalue weighted by molar-refractivity contribution is 0.0297. The van der Waals surface area contributed by atoms with Gasteiger partial charge >= 0.3 is 0 Å². The van der Waals surface area contributed by atoms with E-state index >= 15 is 0 Å². The Labute approximate surface area is 134 Å². The molecule has 4 nitrogen and oxygen atoms in total. The van der Waals surface area contributed by atoms with Gasteiger partial charge in [0.25, 0.3) is 5.56 Å². The lowest BCUT2D eigenvalue weighted by Gasteiger charge is -2.26. The van der Waals surface area contributed by atoms with Crippen LogP contribution in [0.4, 0.5) is 0 Å². The molecule has 0 amide bonds. The van der Waals surface area contributed by atoms with E-state index in [1.54, 1.807) is 4.57 Å². The molecule has 0 radical (unpaired) electrons. The minimum absolute atomic E-state index is 0.114. The quantitative estimate of drug-likeness (QED) is 0.573. The van der Waals surface area contributed by atoms with Crippen LogP contribution in [0.1, 0.15) is 17.2 Å². The SMILES string of the molecule is O=c1c(I)c(Cl)ncn1CC1OCCc2ccccc21. The third-order valence-corrected chi connectivity index (χ3v) is 4.97. The maximum Gasteiger partial charge on any atom is 0.268 e. The van der Waals surface area contributed by atoms with Gasteiger partial charge in [-0.25, -0.2) is 4.98 Å². The van der Waals surface area contributed by atoms with Gasteiger partial charge in [0.05, 0.1) is 19.5 Å². The van der Waals surface area contributed by atoms with Crippen molar-refractivity contribution in [3.05, 3.63) is 60.8 Å². The number of aromatic nitrogens is 2. The summed E-state index contributed by atoms with van der Waals surface area (Å²) in [5.74, 6) is 0. The van der Waals surface area contributed by atoms with Crippen LogP contribution in [0.15, 0.2) is 35.4 Å². The second-order valence-electron chi connectivity index (χ2n) is 4.62. The molecule has 104 valence electrons. The molecule has 0 spiro atoms. The largest absolute Gasteiger partial charge is 0.371 e. The van der Waals surface area contributed by atoms with Gasteiger partial charge in [-0.1, -0.05) is 35.9 Å². The van der Waals surface area contributed by atoms with Gasteiger partial charge in [-0.05, 0) is 40.1 Å².